The molecule has 1 atom stereocenters. The van der Waals surface area contributed by atoms with Crippen LogP contribution in [-0.4, -0.2) is 32.2 Å². The van der Waals surface area contributed by atoms with Gasteiger partial charge in [-0.25, -0.2) is 9.29 Å². The second-order valence-electron chi connectivity index (χ2n) is 6.03. The third-order valence-electron chi connectivity index (χ3n) is 4.14. The minimum absolute atomic E-state index is 0.0543. The first-order valence-electron chi connectivity index (χ1n) is 8.30. The van der Waals surface area contributed by atoms with Crippen molar-refractivity contribution in [2.75, 3.05) is 4.90 Å². The molecule has 1 fully saturated rings. The number of benzene rings is 2. The van der Waals surface area contributed by atoms with Gasteiger partial charge in [-0.1, -0.05) is 17.8 Å². The zero-order chi connectivity index (χ0) is 20.5. The highest BCUT2D eigenvalue weighted by molar-refractivity contribution is 8.00. The second kappa shape index (κ2) is 7.43. The molecule has 9 nitrogen and oxygen atoms in total. The number of aromatic nitrogens is 2. The number of hydrogen-bond acceptors (Lipinski definition) is 8. The summed E-state index contributed by atoms with van der Waals surface area (Å²) in [4.78, 5) is 36.2. The molecule has 2 amide bonds. The fraction of sp³-hybridized carbons (Fsp3) is 0.111. The van der Waals surface area contributed by atoms with Gasteiger partial charge in [-0.2, -0.15) is 0 Å². The highest BCUT2D eigenvalue weighted by atomic mass is 32.2. The summed E-state index contributed by atoms with van der Waals surface area (Å²) in [6.45, 7) is 0. The summed E-state index contributed by atoms with van der Waals surface area (Å²) >= 11 is 0.930. The molecule has 1 unspecified atom stereocenters. The lowest BCUT2D eigenvalue weighted by Crippen LogP contribution is -2.31. The molecule has 146 valence electrons. The molecule has 2 aromatic carbocycles. The zero-order valence-corrected chi connectivity index (χ0v) is 15.3. The van der Waals surface area contributed by atoms with E-state index in [1.54, 1.807) is 6.07 Å². The van der Waals surface area contributed by atoms with Crippen LogP contribution in [0.1, 0.15) is 6.42 Å². The van der Waals surface area contributed by atoms with Gasteiger partial charge in [0.2, 0.25) is 17.7 Å². The summed E-state index contributed by atoms with van der Waals surface area (Å²) in [7, 11) is 0. The standard InChI is InChI=1S/C18H11FN4O5S/c19-11-4-6-12(7-5-11)22-15(24)9-14(17(22)25)29-18-21-20-16(28-18)10-2-1-3-13(8-10)23(26)27/h1-8,14H,9H2. The number of nitrogens with zero attached hydrogens (tertiary/aromatic N) is 4. The summed E-state index contributed by atoms with van der Waals surface area (Å²) in [6, 6.07) is 10.7. The van der Waals surface area contributed by atoms with Crippen molar-refractivity contribution in [3.63, 3.8) is 0 Å². The van der Waals surface area contributed by atoms with E-state index in [9.17, 15) is 24.1 Å². The van der Waals surface area contributed by atoms with E-state index in [0.29, 0.717) is 5.56 Å². The van der Waals surface area contributed by atoms with Gasteiger partial charge in [0.25, 0.3) is 10.9 Å². The average Bonchev–Trinajstić information content (AvgIpc) is 3.28. The molecule has 1 aromatic heterocycles. The van der Waals surface area contributed by atoms with E-state index < -0.39 is 27.8 Å². The minimum Gasteiger partial charge on any atom is -0.411 e. The smallest absolute Gasteiger partial charge is 0.277 e. The normalized spacial score (nSPS) is 16.4. The number of non-ortho nitro benzene ring substituents is 1. The number of amides is 2. The number of hydrogen-bond donors (Lipinski definition) is 0. The zero-order valence-electron chi connectivity index (χ0n) is 14.5. The van der Waals surface area contributed by atoms with Crippen LogP contribution in [0.4, 0.5) is 15.8 Å². The van der Waals surface area contributed by atoms with Gasteiger partial charge in [0.1, 0.15) is 11.1 Å². The maximum Gasteiger partial charge on any atom is 0.277 e. The number of thioether (sulfide) groups is 1. The van der Waals surface area contributed by atoms with Crippen molar-refractivity contribution in [1.82, 2.24) is 10.2 Å². The molecule has 0 N–H and O–H groups in total. The lowest BCUT2D eigenvalue weighted by Gasteiger charge is -2.14. The molecule has 0 spiro atoms. The van der Waals surface area contributed by atoms with Crippen LogP contribution in [-0.2, 0) is 9.59 Å². The van der Waals surface area contributed by atoms with Crippen LogP contribution in [0.25, 0.3) is 11.5 Å². The van der Waals surface area contributed by atoms with Crippen LogP contribution < -0.4 is 4.90 Å². The molecule has 3 aromatic rings. The first kappa shape index (κ1) is 18.7. The predicted octanol–water partition coefficient (Wildman–Crippen LogP) is 3.21. The van der Waals surface area contributed by atoms with Crippen LogP contribution in [0.2, 0.25) is 0 Å². The quantitative estimate of drug-likeness (QED) is 0.355. The number of nitro benzene ring substituents is 1. The Morgan fingerprint density at radius 1 is 1.17 bits per heavy atom. The molecular formula is C18H11FN4O5S. The Balaban J connectivity index is 1.51. The molecule has 2 heterocycles. The summed E-state index contributed by atoms with van der Waals surface area (Å²) in [5.74, 6) is -1.30. The number of rotatable bonds is 5. The van der Waals surface area contributed by atoms with Crippen LogP contribution in [0, 0.1) is 15.9 Å². The minimum atomic E-state index is -0.772. The van der Waals surface area contributed by atoms with Crippen LogP contribution in [0.15, 0.2) is 58.2 Å². The van der Waals surface area contributed by atoms with Crippen molar-refractivity contribution in [3.8, 4) is 11.5 Å². The van der Waals surface area contributed by atoms with E-state index >= 15 is 0 Å². The van der Waals surface area contributed by atoms with E-state index in [1.807, 2.05) is 0 Å². The molecule has 0 saturated carbocycles. The van der Waals surface area contributed by atoms with Crippen LogP contribution in [0.5, 0.6) is 0 Å². The Morgan fingerprint density at radius 2 is 1.93 bits per heavy atom. The summed E-state index contributed by atoms with van der Waals surface area (Å²) in [6.07, 6.45) is -0.0740. The van der Waals surface area contributed by atoms with Gasteiger partial charge in [-0.15, -0.1) is 10.2 Å². The number of carbonyl (C=O) groups excluding carboxylic acids is 2. The van der Waals surface area contributed by atoms with Gasteiger partial charge in [-0.3, -0.25) is 19.7 Å². The van der Waals surface area contributed by atoms with Crippen molar-refractivity contribution in [1.29, 1.82) is 0 Å². The van der Waals surface area contributed by atoms with Gasteiger partial charge >= 0.3 is 0 Å². The van der Waals surface area contributed by atoms with Crippen molar-refractivity contribution in [2.24, 2.45) is 0 Å². The summed E-state index contributed by atoms with van der Waals surface area (Å²) < 4.78 is 18.6. The summed E-state index contributed by atoms with van der Waals surface area (Å²) in [5, 5.41) is 17.9. The maximum atomic E-state index is 13.1. The fourth-order valence-electron chi connectivity index (χ4n) is 2.81. The summed E-state index contributed by atoms with van der Waals surface area (Å²) in [5.41, 5.74) is 0.522. The van der Waals surface area contributed by atoms with E-state index in [4.69, 9.17) is 4.42 Å². The third-order valence-corrected chi connectivity index (χ3v) is 5.16. The largest absolute Gasteiger partial charge is 0.411 e. The molecule has 0 radical (unpaired) electrons. The van der Waals surface area contributed by atoms with Crippen molar-refractivity contribution >= 4 is 35.0 Å². The van der Waals surface area contributed by atoms with Crippen molar-refractivity contribution in [2.45, 2.75) is 16.9 Å². The monoisotopic (exact) mass is 414 g/mol. The number of halogens is 1. The molecule has 29 heavy (non-hydrogen) atoms. The first-order chi connectivity index (χ1) is 13.9. The van der Waals surface area contributed by atoms with Gasteiger partial charge < -0.3 is 4.42 Å². The predicted molar refractivity (Wildman–Crippen MR) is 99.5 cm³/mol. The maximum absolute atomic E-state index is 13.1. The molecule has 4 rings (SSSR count). The lowest BCUT2D eigenvalue weighted by molar-refractivity contribution is -0.384. The van der Waals surface area contributed by atoms with Gasteiger partial charge in [0.05, 0.1) is 10.6 Å². The topological polar surface area (TPSA) is 119 Å². The van der Waals surface area contributed by atoms with E-state index in [0.717, 1.165) is 16.7 Å². The number of nitro groups is 1. The van der Waals surface area contributed by atoms with Gasteiger partial charge in [0, 0.05) is 24.1 Å². The van der Waals surface area contributed by atoms with Crippen molar-refractivity contribution < 1.29 is 23.3 Å². The van der Waals surface area contributed by atoms with Crippen LogP contribution >= 0.6 is 11.8 Å². The Hall–Kier alpha value is -3.60. The van der Waals surface area contributed by atoms with Gasteiger partial charge in [-0.05, 0) is 30.3 Å². The number of carbonyl (C=O) groups is 2. The van der Waals surface area contributed by atoms with Crippen molar-refractivity contribution in [3.05, 3.63) is 64.5 Å². The first-order valence-corrected chi connectivity index (χ1v) is 9.17. The highest BCUT2D eigenvalue weighted by Gasteiger charge is 2.41. The lowest BCUT2D eigenvalue weighted by atomic mass is 10.2. The molecule has 11 heteroatoms. The Morgan fingerprint density at radius 3 is 2.66 bits per heavy atom. The number of anilines is 1. The highest BCUT2D eigenvalue weighted by Crippen LogP contribution is 2.34. The van der Waals surface area contributed by atoms with E-state index in [1.165, 1.54) is 42.5 Å². The molecule has 0 aliphatic carbocycles. The van der Waals surface area contributed by atoms with Crippen LogP contribution in [0.3, 0.4) is 0 Å². The molecule has 1 aliphatic rings. The average molecular weight is 414 g/mol. The SMILES string of the molecule is O=C1CC(Sc2nnc(-c3cccc([N+](=O)[O-])c3)o2)C(=O)N1c1ccc(F)cc1. The molecule has 0 bridgehead atoms. The Kier molecular flexibility index (Phi) is 4.80. The Bertz CT molecular complexity index is 1120. The molecule has 1 saturated heterocycles. The Labute approximate surface area is 166 Å². The van der Waals surface area contributed by atoms with Gasteiger partial charge in [0.15, 0.2) is 0 Å². The fourth-order valence-corrected chi connectivity index (χ4v) is 3.70. The third kappa shape index (κ3) is 3.72. The second-order valence-corrected chi connectivity index (χ2v) is 7.19. The van der Waals surface area contributed by atoms with E-state index in [2.05, 4.69) is 10.2 Å². The van der Waals surface area contributed by atoms with E-state index in [-0.39, 0.29) is 28.9 Å². The number of imide groups is 1. The molecule has 1 aliphatic heterocycles. The molecular weight excluding hydrogens is 403 g/mol.